The van der Waals surface area contributed by atoms with E-state index in [1.165, 1.54) is 91.9 Å². The van der Waals surface area contributed by atoms with Crippen LogP contribution in [0.1, 0.15) is 352 Å². The van der Waals surface area contributed by atoms with E-state index >= 15 is 0 Å². The predicted molar refractivity (Wildman–Crippen MR) is 334 cm³/mol. The zero-order valence-corrected chi connectivity index (χ0v) is 58.7. The third kappa shape index (κ3) is 185. The lowest BCUT2D eigenvalue weighted by atomic mass is 9.94. The maximum atomic E-state index is 11.9. The van der Waals surface area contributed by atoms with Gasteiger partial charge in [-0.15, -0.1) is 0 Å². The average Bonchev–Trinajstić information content (AvgIpc) is 3.34. The first kappa shape index (κ1) is 104. The molecule has 0 rings (SSSR count). The fraction of sp³-hybridized carbons (Fsp3) is 1.00. The highest BCUT2D eigenvalue weighted by Gasteiger charge is 2.34. The maximum Gasteiger partial charge on any atom is 0.391 e. The van der Waals surface area contributed by atoms with Crippen molar-refractivity contribution in [2.75, 3.05) is 6.67 Å². The van der Waals surface area contributed by atoms with Crippen LogP contribution in [0.5, 0.6) is 0 Å². The molecule has 0 aliphatic rings. The molecule has 14 heteroatoms. The van der Waals surface area contributed by atoms with Crippen molar-refractivity contribution in [1.82, 2.24) is 0 Å². The van der Waals surface area contributed by atoms with Crippen molar-refractivity contribution in [3.05, 3.63) is 0 Å². The van der Waals surface area contributed by atoms with E-state index in [9.17, 15) is 61.5 Å². The molecule has 80 heavy (non-hydrogen) atoms. The van der Waals surface area contributed by atoms with Crippen molar-refractivity contribution in [3.63, 3.8) is 0 Å². The van der Waals surface area contributed by atoms with Crippen LogP contribution in [0.15, 0.2) is 0 Å². The van der Waals surface area contributed by atoms with Gasteiger partial charge in [0.2, 0.25) is 17.8 Å². The van der Waals surface area contributed by atoms with E-state index < -0.39 is 54.5 Å². The van der Waals surface area contributed by atoms with E-state index in [0.29, 0.717) is 24.7 Å². The van der Waals surface area contributed by atoms with Crippen LogP contribution in [0.25, 0.3) is 0 Å². The van der Waals surface area contributed by atoms with Gasteiger partial charge in [0.25, 0.3) is 0 Å². The lowest BCUT2D eigenvalue weighted by Crippen LogP contribution is -2.18. The summed E-state index contributed by atoms with van der Waals surface area (Å²) in [5.41, 5.74) is 0.542. The van der Waals surface area contributed by atoms with Crippen LogP contribution in [-0.4, -0.2) is 43.0 Å². The quantitative estimate of drug-likeness (QED) is 0.113. The summed E-state index contributed by atoms with van der Waals surface area (Å²) in [5.74, 6) is -7.45. The molecule has 0 aromatic carbocycles. The highest BCUT2D eigenvalue weighted by Crippen LogP contribution is 2.28. The van der Waals surface area contributed by atoms with Crippen molar-refractivity contribution in [1.29, 1.82) is 0 Å². The summed E-state index contributed by atoms with van der Waals surface area (Å²) in [6, 6.07) is 0. The van der Waals surface area contributed by atoms with Gasteiger partial charge in [0.05, 0.1) is 24.7 Å². The first-order valence-electron chi connectivity index (χ1n) is 32.1. The van der Waals surface area contributed by atoms with Crippen LogP contribution in [-0.2, 0) is 0 Å². The van der Waals surface area contributed by atoms with Gasteiger partial charge < -0.3 is 0 Å². The molecule has 0 fully saturated rings. The second-order valence-electron chi connectivity index (χ2n) is 22.9. The Balaban J connectivity index is -0.0000000575. The predicted octanol–water partition coefficient (Wildman–Crippen LogP) is 29.7. The molecule has 0 aromatic heterocycles. The average molecular weight is 1210 g/mol. The molecule has 0 saturated carbocycles. The minimum atomic E-state index is -4.43. The summed E-state index contributed by atoms with van der Waals surface area (Å²) in [4.78, 5) is 0. The van der Waals surface area contributed by atoms with Gasteiger partial charge in [0, 0.05) is 28.4 Å². The molecule has 4 unspecified atom stereocenters. The van der Waals surface area contributed by atoms with Crippen molar-refractivity contribution in [3.8, 4) is 0 Å². The van der Waals surface area contributed by atoms with E-state index in [1.807, 2.05) is 20.8 Å². The topological polar surface area (TPSA) is 0 Å². The van der Waals surface area contributed by atoms with E-state index in [1.54, 1.807) is 20.8 Å². The molecule has 0 saturated heterocycles. The minimum Gasteiger partial charge on any atom is -0.251 e. The van der Waals surface area contributed by atoms with Crippen molar-refractivity contribution in [2.24, 2.45) is 40.9 Å². The molecular weight excluding hydrogens is 1060 g/mol. The number of halogens is 14. The summed E-state index contributed by atoms with van der Waals surface area (Å²) in [6.07, 6.45) is 5.98. The monoisotopic (exact) mass is 1210 g/mol. The Morgan fingerprint density at radius 1 is 0.362 bits per heavy atom. The molecule has 0 N–H and O–H groups in total. The van der Waals surface area contributed by atoms with Crippen LogP contribution in [0, 0.1) is 40.9 Å². The second-order valence-corrected chi connectivity index (χ2v) is 22.9. The summed E-state index contributed by atoms with van der Waals surface area (Å²) in [6.45, 7) is 57.8. The molecule has 0 aromatic rings. The van der Waals surface area contributed by atoms with Crippen LogP contribution >= 0.6 is 0 Å². The molecule has 0 bridgehead atoms. The molecule has 506 valence electrons. The zero-order chi connectivity index (χ0) is 69.4. The lowest BCUT2D eigenvalue weighted by Gasteiger charge is -2.12. The Labute approximate surface area is 496 Å². The Morgan fingerprint density at radius 2 is 0.613 bits per heavy atom. The largest absolute Gasteiger partial charge is 0.391 e. The van der Waals surface area contributed by atoms with Gasteiger partial charge in [-0.25, -0.2) is 30.7 Å². The number of alkyl halides is 14. The summed E-state index contributed by atoms with van der Waals surface area (Å²) in [5, 5.41) is 0. The molecule has 0 radical (unpaired) electrons. The standard InChI is InChI=1S/C6H14.2C5H9F3.3C5H10F2.2C5H11F.5C5H12/c1-5-6(2,3)4;2*1-3-4(2)5(6,7)8;2*1-3-4-5(2,6)7;1-3-5(6,7)4-2;1-3-5(2)4-6;1-3-4-5(2)6;3*1-4-5(2)3;2*1-3-5-4-2/h5H2,1-4H3;2*4H,3H2,1-2H3;3*3-4H2,1-2H3;2*5H,3-4H2,1-2H3;3*5H,4H2,1-3H3;2*3-5H2,1-2H3/i;3D2;;;;;;;;;;;. The Kier molecular flexibility index (Phi) is 98.8. The first-order chi connectivity index (χ1) is 36.7. The molecule has 0 heterocycles. The molecule has 0 aliphatic carbocycles. The van der Waals surface area contributed by atoms with Crippen molar-refractivity contribution < 1.29 is 64.2 Å². The Hall–Kier alpha value is -0.980. The van der Waals surface area contributed by atoms with E-state index in [0.717, 1.165) is 58.3 Å². The maximum absolute atomic E-state index is 11.9. The number of rotatable bonds is 19. The number of hydrogen-bond acceptors (Lipinski definition) is 0. The number of unbranched alkanes of at least 4 members (excludes halogenated alkanes) is 4. The van der Waals surface area contributed by atoms with Gasteiger partial charge in [0.1, 0.15) is 0 Å². The smallest absolute Gasteiger partial charge is 0.251 e. The van der Waals surface area contributed by atoms with Gasteiger partial charge in [0.15, 0.2) is 0 Å². The Morgan fingerprint density at radius 3 is 0.613 bits per heavy atom. The molecule has 0 spiro atoms. The van der Waals surface area contributed by atoms with Crippen LogP contribution < -0.4 is 0 Å². The summed E-state index contributed by atoms with van der Waals surface area (Å²) in [7, 11) is 0. The highest BCUT2D eigenvalue weighted by molar-refractivity contribution is 4.60. The van der Waals surface area contributed by atoms with E-state index in [-0.39, 0.29) is 44.7 Å². The highest BCUT2D eigenvalue weighted by atomic mass is 19.4. The SMILES string of the molecule is CCC(C)(C)C.CCC(C)C.CCC(C)C.CCC(C)C.CCC(C)C(F)(F)F.CCC(C)CF.CCC(F)(F)CC.CCCC(C)(F)F.CCCC(C)(F)F.CCCC(C)F.CCCCC.CCCCC.[2H]C([2H])(C)C(C)C(F)(F)F. The van der Waals surface area contributed by atoms with Gasteiger partial charge in [-0.1, -0.05) is 284 Å². The van der Waals surface area contributed by atoms with Gasteiger partial charge >= 0.3 is 12.4 Å². The fourth-order valence-electron chi connectivity index (χ4n) is 2.74. The van der Waals surface area contributed by atoms with Gasteiger partial charge in [-0.2, -0.15) is 26.3 Å². The second kappa shape index (κ2) is 76.0. The molecule has 0 aliphatic heterocycles. The fourth-order valence-corrected chi connectivity index (χ4v) is 2.74. The third-order valence-electron chi connectivity index (χ3n) is 11.1. The normalized spacial score (nSPS) is 12.8. The van der Waals surface area contributed by atoms with E-state index in [4.69, 9.17) is 2.74 Å². The first-order valence-corrected chi connectivity index (χ1v) is 31.1. The van der Waals surface area contributed by atoms with Gasteiger partial charge in [-0.05, 0) is 69.1 Å². The molecular formula is C66H144F14. The van der Waals surface area contributed by atoms with Crippen LogP contribution in [0.4, 0.5) is 61.5 Å². The van der Waals surface area contributed by atoms with Crippen molar-refractivity contribution in [2.45, 2.75) is 386 Å². The Bertz CT molecular complexity index is 1000. The molecule has 0 nitrogen and oxygen atoms in total. The number of hydrogen-bond donors (Lipinski definition) is 0. The van der Waals surface area contributed by atoms with Crippen LogP contribution in [0.3, 0.4) is 0 Å². The minimum absolute atomic E-state index is 0.00694. The molecule has 0 amide bonds. The van der Waals surface area contributed by atoms with E-state index in [2.05, 4.69) is 118 Å². The van der Waals surface area contributed by atoms with Crippen molar-refractivity contribution >= 4 is 0 Å². The van der Waals surface area contributed by atoms with Crippen LogP contribution in [0.2, 0.25) is 0 Å². The third-order valence-corrected chi connectivity index (χ3v) is 11.1. The molecule has 4 atom stereocenters. The van der Waals surface area contributed by atoms with Gasteiger partial charge in [-0.3, -0.25) is 4.39 Å². The summed E-state index contributed by atoms with van der Waals surface area (Å²) < 4.78 is 177. The zero-order valence-electron chi connectivity index (χ0n) is 60.7. The lowest BCUT2D eigenvalue weighted by molar-refractivity contribution is -0.170. The summed E-state index contributed by atoms with van der Waals surface area (Å²) >= 11 is 0.